The summed E-state index contributed by atoms with van der Waals surface area (Å²) in [4.78, 5) is 21.6. The molecule has 7 nitrogen and oxygen atoms in total. The molecule has 0 unspecified atom stereocenters. The van der Waals surface area contributed by atoms with Crippen LogP contribution in [0.15, 0.2) is 89.7 Å². The van der Waals surface area contributed by atoms with Gasteiger partial charge in [0.05, 0.1) is 12.9 Å². The number of nitrogens with one attached hydrogen (secondary N) is 1. The highest BCUT2D eigenvalue weighted by Crippen LogP contribution is 2.33. The molecule has 260 valence electrons. The third-order valence-electron chi connectivity index (χ3n) is 8.54. The maximum atomic E-state index is 13.7. The minimum absolute atomic E-state index is 0.0438. The Morgan fingerprint density at radius 2 is 1.76 bits per heavy atom. The van der Waals surface area contributed by atoms with Crippen LogP contribution in [-0.2, 0) is 21.8 Å². The summed E-state index contributed by atoms with van der Waals surface area (Å²) < 4.78 is 13.7. The number of rotatable bonds is 17. The molecule has 1 aliphatic rings. The Morgan fingerprint density at radius 3 is 2.51 bits per heavy atom. The van der Waals surface area contributed by atoms with Crippen molar-refractivity contribution >= 4 is 35.1 Å². The second-order valence-corrected chi connectivity index (χ2v) is 14.1. The zero-order chi connectivity index (χ0) is 34.4. The number of aromatic nitrogens is 2. The first-order chi connectivity index (χ1) is 23.9. The molecular formula is C41H52N4O3S. The number of fused-ring (bicyclic) bond motifs is 1. The van der Waals surface area contributed by atoms with Crippen LogP contribution < -0.4 is 15.0 Å². The van der Waals surface area contributed by atoms with E-state index in [-0.39, 0.29) is 5.91 Å². The standard InChI is InChI=1S/C41H52N4O3S/c1-5-7-22-47-23-24-48-38-15-10-32(11-16-38)33-12-19-40-35(25-33)26-34(9-8-21-44(40)28-31(3)4)41(46)43-36-13-17-39(18-14-36)49-29-37-27-42-30-45(37)20-6-2/h10-19,25-27,30-31H,5-9,20-24,28-29H2,1-4H3,(H,43,46)/b34-26+. The van der Waals surface area contributed by atoms with Gasteiger partial charge in [-0.25, -0.2) is 4.98 Å². The fraction of sp³-hybridized carbons (Fsp3) is 0.415. The summed E-state index contributed by atoms with van der Waals surface area (Å²) in [5.74, 6) is 2.18. The van der Waals surface area contributed by atoms with Crippen molar-refractivity contribution in [3.05, 3.63) is 96.1 Å². The predicted octanol–water partition coefficient (Wildman–Crippen LogP) is 9.73. The number of benzene rings is 3. The second kappa shape index (κ2) is 18.7. The fourth-order valence-electron chi connectivity index (χ4n) is 6.01. The fourth-order valence-corrected chi connectivity index (χ4v) is 6.90. The normalized spacial score (nSPS) is 14.1. The Morgan fingerprint density at radius 1 is 0.959 bits per heavy atom. The number of imidazole rings is 1. The zero-order valence-electron chi connectivity index (χ0n) is 29.6. The second-order valence-electron chi connectivity index (χ2n) is 13.1. The molecule has 5 rings (SSSR count). The first-order valence-electron chi connectivity index (χ1n) is 17.9. The van der Waals surface area contributed by atoms with Gasteiger partial charge >= 0.3 is 0 Å². The van der Waals surface area contributed by atoms with Gasteiger partial charge in [-0.1, -0.05) is 52.3 Å². The van der Waals surface area contributed by atoms with Crippen LogP contribution in [0, 0.1) is 5.92 Å². The molecule has 8 heteroatoms. The summed E-state index contributed by atoms with van der Waals surface area (Å²) in [7, 11) is 0. The lowest BCUT2D eigenvalue weighted by Crippen LogP contribution is -2.30. The van der Waals surface area contributed by atoms with Crippen LogP contribution in [-0.4, -0.2) is 48.4 Å². The molecule has 0 radical (unpaired) electrons. The number of unbranched alkanes of at least 4 members (excludes halogenated alkanes) is 1. The molecule has 1 amide bonds. The number of hydrogen-bond acceptors (Lipinski definition) is 6. The Balaban J connectivity index is 1.28. The monoisotopic (exact) mass is 680 g/mol. The van der Waals surface area contributed by atoms with Gasteiger partial charge < -0.3 is 24.3 Å². The molecule has 1 N–H and O–H groups in total. The van der Waals surface area contributed by atoms with Crippen LogP contribution >= 0.6 is 11.8 Å². The number of nitrogens with zero attached hydrogens (tertiary/aromatic N) is 3. The lowest BCUT2D eigenvalue weighted by atomic mass is 9.96. The topological polar surface area (TPSA) is 68.6 Å². The van der Waals surface area contributed by atoms with E-state index in [1.165, 1.54) is 11.4 Å². The molecule has 1 aliphatic heterocycles. The summed E-state index contributed by atoms with van der Waals surface area (Å²) in [5, 5.41) is 3.17. The number of carbonyl (C=O) groups excluding carboxylic acids is 1. The number of hydrogen-bond donors (Lipinski definition) is 1. The quantitative estimate of drug-likeness (QED) is 0.0885. The minimum Gasteiger partial charge on any atom is -0.491 e. The van der Waals surface area contributed by atoms with Gasteiger partial charge in [0.2, 0.25) is 0 Å². The Hall–Kier alpha value is -4.01. The van der Waals surface area contributed by atoms with Gasteiger partial charge in [0, 0.05) is 65.7 Å². The molecule has 0 fully saturated rings. The van der Waals surface area contributed by atoms with E-state index in [0.717, 1.165) is 103 Å². The molecule has 0 spiro atoms. The van der Waals surface area contributed by atoms with Crippen molar-refractivity contribution in [3.63, 3.8) is 0 Å². The van der Waals surface area contributed by atoms with E-state index in [4.69, 9.17) is 9.47 Å². The summed E-state index contributed by atoms with van der Waals surface area (Å²) in [6.07, 6.45) is 10.9. The van der Waals surface area contributed by atoms with E-state index >= 15 is 0 Å². The first-order valence-corrected chi connectivity index (χ1v) is 18.9. The van der Waals surface area contributed by atoms with Crippen molar-refractivity contribution in [1.82, 2.24) is 9.55 Å². The molecule has 0 bridgehead atoms. The first kappa shape index (κ1) is 36.3. The van der Waals surface area contributed by atoms with Crippen molar-refractivity contribution in [3.8, 4) is 16.9 Å². The molecular weight excluding hydrogens is 629 g/mol. The highest BCUT2D eigenvalue weighted by Gasteiger charge is 2.19. The average Bonchev–Trinajstić information content (AvgIpc) is 3.54. The maximum absolute atomic E-state index is 13.7. The largest absolute Gasteiger partial charge is 0.491 e. The van der Waals surface area contributed by atoms with Crippen LogP contribution in [0.5, 0.6) is 5.75 Å². The van der Waals surface area contributed by atoms with Gasteiger partial charge in [-0.15, -0.1) is 11.8 Å². The van der Waals surface area contributed by atoms with Crippen LogP contribution in [0.1, 0.15) is 71.1 Å². The zero-order valence-corrected chi connectivity index (χ0v) is 30.4. The van der Waals surface area contributed by atoms with Crippen LogP contribution in [0.2, 0.25) is 0 Å². The Labute approximate surface area is 297 Å². The van der Waals surface area contributed by atoms with Gasteiger partial charge in [0.15, 0.2) is 0 Å². The lowest BCUT2D eigenvalue weighted by Gasteiger charge is -2.30. The maximum Gasteiger partial charge on any atom is 0.251 e. The molecule has 3 aromatic carbocycles. The van der Waals surface area contributed by atoms with E-state index in [2.05, 4.69) is 96.0 Å². The molecule has 1 aromatic heterocycles. The van der Waals surface area contributed by atoms with Crippen molar-refractivity contribution < 1.29 is 14.3 Å². The van der Waals surface area contributed by atoms with Gasteiger partial charge in [-0.3, -0.25) is 4.79 Å². The van der Waals surface area contributed by atoms with Crippen molar-refractivity contribution in [1.29, 1.82) is 0 Å². The van der Waals surface area contributed by atoms with Crippen LogP contribution in [0.25, 0.3) is 17.2 Å². The number of thioether (sulfide) groups is 1. The highest BCUT2D eigenvalue weighted by molar-refractivity contribution is 7.98. The van der Waals surface area contributed by atoms with Gasteiger partial charge in [0.1, 0.15) is 12.4 Å². The van der Waals surface area contributed by atoms with Crippen molar-refractivity contribution in [2.75, 3.05) is 43.1 Å². The lowest BCUT2D eigenvalue weighted by molar-refractivity contribution is -0.112. The Bertz CT molecular complexity index is 1650. The highest BCUT2D eigenvalue weighted by atomic mass is 32.2. The number of aryl methyl sites for hydroxylation is 1. The minimum atomic E-state index is -0.0438. The Kier molecular flexibility index (Phi) is 13.8. The third-order valence-corrected chi connectivity index (χ3v) is 9.58. The third kappa shape index (κ3) is 10.7. The summed E-state index contributed by atoms with van der Waals surface area (Å²) >= 11 is 1.78. The van der Waals surface area contributed by atoms with Crippen molar-refractivity contribution in [2.24, 2.45) is 5.92 Å². The van der Waals surface area contributed by atoms with E-state index < -0.39 is 0 Å². The number of anilines is 2. The van der Waals surface area contributed by atoms with Crippen molar-refractivity contribution in [2.45, 2.75) is 77.0 Å². The molecule has 4 aromatic rings. The number of carbonyl (C=O) groups is 1. The molecule has 0 aliphatic carbocycles. The van der Waals surface area contributed by atoms with E-state index in [0.29, 0.717) is 19.1 Å². The summed E-state index contributed by atoms with van der Waals surface area (Å²) in [6.45, 7) is 13.6. The van der Waals surface area contributed by atoms with Gasteiger partial charge in [-0.2, -0.15) is 0 Å². The number of ether oxygens (including phenoxy) is 2. The molecule has 0 saturated carbocycles. The van der Waals surface area contributed by atoms with Gasteiger partial charge in [-0.05, 0) is 103 Å². The molecule has 49 heavy (non-hydrogen) atoms. The van der Waals surface area contributed by atoms with E-state index in [9.17, 15) is 4.79 Å². The smallest absolute Gasteiger partial charge is 0.251 e. The SMILES string of the molecule is CCCCOCCOc1ccc(-c2ccc3c(c2)/C=C(/C(=O)Nc2ccc(SCc4cncn4CCC)cc2)CCCN3CC(C)C)cc1. The molecule has 0 atom stereocenters. The van der Waals surface area contributed by atoms with E-state index in [1.54, 1.807) is 11.8 Å². The predicted molar refractivity (Wildman–Crippen MR) is 205 cm³/mol. The number of amides is 1. The van der Waals surface area contributed by atoms with E-state index in [1.807, 2.05) is 36.8 Å². The average molecular weight is 681 g/mol. The van der Waals surface area contributed by atoms with Crippen LogP contribution in [0.4, 0.5) is 11.4 Å². The molecule has 2 heterocycles. The van der Waals surface area contributed by atoms with Crippen LogP contribution in [0.3, 0.4) is 0 Å². The molecule has 0 saturated heterocycles. The summed E-state index contributed by atoms with van der Waals surface area (Å²) in [6, 6.07) is 23.0. The summed E-state index contributed by atoms with van der Waals surface area (Å²) in [5.41, 5.74) is 7.29. The van der Waals surface area contributed by atoms with Gasteiger partial charge in [0.25, 0.3) is 5.91 Å².